The SMILES string of the molecule is CCn1nc(C(=O)O)c(-c2ccc(SC)cc2)n1. The number of hydrogen-bond acceptors (Lipinski definition) is 4. The molecule has 1 aromatic carbocycles. The van der Waals surface area contributed by atoms with E-state index in [0.717, 1.165) is 10.5 Å². The summed E-state index contributed by atoms with van der Waals surface area (Å²) in [5.74, 6) is -1.06. The van der Waals surface area contributed by atoms with E-state index < -0.39 is 5.97 Å². The molecule has 1 heterocycles. The van der Waals surface area contributed by atoms with Gasteiger partial charge in [0.25, 0.3) is 0 Å². The van der Waals surface area contributed by atoms with Gasteiger partial charge in [-0.2, -0.15) is 9.90 Å². The lowest BCUT2D eigenvalue weighted by atomic mass is 10.1. The number of aromatic carboxylic acids is 1. The van der Waals surface area contributed by atoms with Crippen LogP contribution in [0.4, 0.5) is 0 Å². The van der Waals surface area contributed by atoms with Crippen molar-refractivity contribution in [1.82, 2.24) is 15.0 Å². The van der Waals surface area contributed by atoms with E-state index in [1.165, 1.54) is 4.80 Å². The topological polar surface area (TPSA) is 68.0 Å². The van der Waals surface area contributed by atoms with Gasteiger partial charge in [0, 0.05) is 10.5 Å². The Kier molecular flexibility index (Phi) is 3.66. The van der Waals surface area contributed by atoms with Gasteiger partial charge in [-0.05, 0) is 25.3 Å². The van der Waals surface area contributed by atoms with Crippen molar-refractivity contribution in [3.8, 4) is 11.3 Å². The number of aryl methyl sites for hydroxylation is 1. The zero-order chi connectivity index (χ0) is 13.1. The molecule has 18 heavy (non-hydrogen) atoms. The van der Waals surface area contributed by atoms with Crippen LogP contribution in [0.2, 0.25) is 0 Å². The Morgan fingerprint density at radius 3 is 2.50 bits per heavy atom. The molecule has 5 nitrogen and oxygen atoms in total. The van der Waals surface area contributed by atoms with Gasteiger partial charge in [0.05, 0.1) is 6.54 Å². The van der Waals surface area contributed by atoms with E-state index in [0.29, 0.717) is 12.2 Å². The minimum absolute atomic E-state index is 0.00579. The van der Waals surface area contributed by atoms with Crippen LogP contribution in [0.5, 0.6) is 0 Å². The fourth-order valence-electron chi connectivity index (χ4n) is 1.58. The summed E-state index contributed by atoms with van der Waals surface area (Å²) in [4.78, 5) is 13.6. The summed E-state index contributed by atoms with van der Waals surface area (Å²) in [7, 11) is 0. The number of aromatic nitrogens is 3. The molecule has 2 rings (SSSR count). The number of carboxylic acids is 1. The van der Waals surface area contributed by atoms with Gasteiger partial charge in [-0.15, -0.1) is 16.9 Å². The third-order valence-electron chi connectivity index (χ3n) is 2.50. The first-order chi connectivity index (χ1) is 8.65. The molecule has 0 atom stereocenters. The van der Waals surface area contributed by atoms with Crippen LogP contribution in [-0.2, 0) is 6.54 Å². The maximum absolute atomic E-state index is 11.1. The third-order valence-corrected chi connectivity index (χ3v) is 3.25. The molecule has 0 fully saturated rings. The molecule has 0 aliphatic heterocycles. The number of hydrogen-bond donors (Lipinski definition) is 1. The van der Waals surface area contributed by atoms with Gasteiger partial charge in [0.15, 0.2) is 5.69 Å². The number of carboxylic acid groups (broad SMARTS) is 1. The number of carbonyl (C=O) groups is 1. The Hall–Kier alpha value is -1.82. The number of benzene rings is 1. The highest BCUT2D eigenvalue weighted by molar-refractivity contribution is 7.98. The van der Waals surface area contributed by atoms with Crippen LogP contribution in [0.1, 0.15) is 17.4 Å². The van der Waals surface area contributed by atoms with Gasteiger partial charge >= 0.3 is 5.97 Å². The molecule has 6 heteroatoms. The molecule has 0 aliphatic rings. The molecule has 1 N–H and O–H groups in total. The molecule has 0 radical (unpaired) electrons. The summed E-state index contributed by atoms with van der Waals surface area (Å²) in [5, 5.41) is 17.3. The monoisotopic (exact) mass is 263 g/mol. The smallest absolute Gasteiger partial charge is 0.358 e. The summed E-state index contributed by atoms with van der Waals surface area (Å²) in [6.07, 6.45) is 1.99. The fourth-order valence-corrected chi connectivity index (χ4v) is 1.99. The molecule has 94 valence electrons. The first kappa shape index (κ1) is 12.6. The van der Waals surface area contributed by atoms with Gasteiger partial charge in [0.2, 0.25) is 0 Å². The van der Waals surface area contributed by atoms with Crippen molar-refractivity contribution in [1.29, 1.82) is 0 Å². The van der Waals surface area contributed by atoms with Crippen LogP contribution < -0.4 is 0 Å². The zero-order valence-corrected chi connectivity index (χ0v) is 10.9. The molecular weight excluding hydrogens is 250 g/mol. The molecule has 0 spiro atoms. The third kappa shape index (κ3) is 2.38. The lowest BCUT2D eigenvalue weighted by Gasteiger charge is -1.99. The van der Waals surface area contributed by atoms with E-state index in [4.69, 9.17) is 5.11 Å². The van der Waals surface area contributed by atoms with Crippen LogP contribution >= 0.6 is 11.8 Å². The van der Waals surface area contributed by atoms with Gasteiger partial charge < -0.3 is 5.11 Å². The van der Waals surface area contributed by atoms with Gasteiger partial charge in [-0.1, -0.05) is 12.1 Å². The molecule has 2 aromatic rings. The van der Waals surface area contributed by atoms with Crippen LogP contribution in [-0.4, -0.2) is 32.3 Å². The first-order valence-electron chi connectivity index (χ1n) is 5.48. The highest BCUT2D eigenvalue weighted by Gasteiger charge is 2.18. The van der Waals surface area contributed by atoms with Crippen LogP contribution in [0, 0.1) is 0 Å². The molecule has 0 amide bonds. The Bertz CT molecular complexity index is 563. The van der Waals surface area contributed by atoms with Crippen molar-refractivity contribution in [3.05, 3.63) is 30.0 Å². The largest absolute Gasteiger partial charge is 0.476 e. The highest BCUT2D eigenvalue weighted by Crippen LogP contribution is 2.23. The average molecular weight is 263 g/mol. The molecule has 0 unspecified atom stereocenters. The van der Waals surface area contributed by atoms with Crippen molar-refractivity contribution >= 4 is 17.7 Å². The number of thioether (sulfide) groups is 1. The second-order valence-electron chi connectivity index (χ2n) is 3.62. The van der Waals surface area contributed by atoms with Crippen molar-refractivity contribution in [3.63, 3.8) is 0 Å². The minimum Gasteiger partial charge on any atom is -0.476 e. The lowest BCUT2D eigenvalue weighted by Crippen LogP contribution is -2.02. The van der Waals surface area contributed by atoms with E-state index in [1.54, 1.807) is 11.8 Å². The second-order valence-corrected chi connectivity index (χ2v) is 4.50. The molecule has 0 saturated carbocycles. The Morgan fingerprint density at radius 2 is 2.00 bits per heavy atom. The molecule has 0 aliphatic carbocycles. The standard InChI is InChI=1S/C12H13N3O2S/c1-3-15-13-10(11(14-15)12(16)17)8-4-6-9(18-2)7-5-8/h4-7H,3H2,1-2H3,(H,16,17). The Balaban J connectivity index is 2.47. The van der Waals surface area contributed by atoms with E-state index in [-0.39, 0.29) is 5.69 Å². The first-order valence-corrected chi connectivity index (χ1v) is 6.71. The molecule has 1 aromatic heterocycles. The Labute approximate surface area is 109 Å². The predicted octanol–water partition coefficient (Wildman–Crippen LogP) is 2.39. The van der Waals surface area contributed by atoms with E-state index in [2.05, 4.69) is 10.2 Å². The van der Waals surface area contributed by atoms with E-state index >= 15 is 0 Å². The minimum atomic E-state index is -1.06. The summed E-state index contributed by atoms with van der Waals surface area (Å²) in [6, 6.07) is 7.61. The zero-order valence-electron chi connectivity index (χ0n) is 10.1. The fraction of sp³-hybridized carbons (Fsp3) is 0.250. The van der Waals surface area contributed by atoms with Gasteiger partial charge in [-0.25, -0.2) is 4.79 Å². The maximum atomic E-state index is 11.1. The van der Waals surface area contributed by atoms with Crippen molar-refractivity contribution in [2.75, 3.05) is 6.26 Å². The maximum Gasteiger partial charge on any atom is 0.358 e. The summed E-state index contributed by atoms with van der Waals surface area (Å²) < 4.78 is 0. The second kappa shape index (κ2) is 5.22. The molecule has 0 bridgehead atoms. The molecular formula is C12H13N3O2S. The van der Waals surface area contributed by atoms with E-state index in [9.17, 15) is 4.79 Å². The summed E-state index contributed by atoms with van der Waals surface area (Å²) in [6.45, 7) is 2.41. The van der Waals surface area contributed by atoms with Crippen LogP contribution in [0.25, 0.3) is 11.3 Å². The lowest BCUT2D eigenvalue weighted by molar-refractivity contribution is 0.0690. The average Bonchev–Trinajstić information content (AvgIpc) is 2.83. The van der Waals surface area contributed by atoms with Crippen LogP contribution in [0.15, 0.2) is 29.2 Å². The summed E-state index contributed by atoms with van der Waals surface area (Å²) in [5.41, 5.74) is 1.18. The van der Waals surface area contributed by atoms with Crippen molar-refractivity contribution in [2.45, 2.75) is 18.4 Å². The van der Waals surface area contributed by atoms with Crippen molar-refractivity contribution < 1.29 is 9.90 Å². The molecule has 0 saturated heterocycles. The Morgan fingerprint density at radius 1 is 1.33 bits per heavy atom. The number of rotatable bonds is 4. The predicted molar refractivity (Wildman–Crippen MR) is 69.9 cm³/mol. The van der Waals surface area contributed by atoms with E-state index in [1.807, 2.05) is 37.4 Å². The normalized spacial score (nSPS) is 10.6. The van der Waals surface area contributed by atoms with Crippen LogP contribution in [0.3, 0.4) is 0 Å². The number of nitrogens with zero attached hydrogens (tertiary/aromatic N) is 3. The highest BCUT2D eigenvalue weighted by atomic mass is 32.2. The van der Waals surface area contributed by atoms with Gasteiger partial charge in [-0.3, -0.25) is 0 Å². The summed E-state index contributed by atoms with van der Waals surface area (Å²) >= 11 is 1.64. The van der Waals surface area contributed by atoms with Gasteiger partial charge in [0.1, 0.15) is 5.69 Å². The van der Waals surface area contributed by atoms with Crippen molar-refractivity contribution in [2.24, 2.45) is 0 Å². The quantitative estimate of drug-likeness (QED) is 0.858.